The summed E-state index contributed by atoms with van der Waals surface area (Å²) in [6.07, 6.45) is 1.29. The van der Waals surface area contributed by atoms with E-state index >= 15 is 0 Å². The highest BCUT2D eigenvalue weighted by Gasteiger charge is 2.07. The van der Waals surface area contributed by atoms with Crippen LogP contribution in [-0.4, -0.2) is 32.7 Å². The highest BCUT2D eigenvalue weighted by Crippen LogP contribution is 2.24. The van der Waals surface area contributed by atoms with Gasteiger partial charge in [-0.1, -0.05) is 31.5 Å². The van der Waals surface area contributed by atoms with Crippen LogP contribution in [0.4, 0.5) is 0 Å². The van der Waals surface area contributed by atoms with E-state index < -0.39 is 9.84 Å². The molecular formula is C15H25NO2S2. The van der Waals surface area contributed by atoms with E-state index in [1.807, 2.05) is 0 Å². The fraction of sp³-hybridized carbons (Fsp3) is 0.600. The molecule has 0 aromatic heterocycles. The van der Waals surface area contributed by atoms with Crippen molar-refractivity contribution in [2.75, 3.05) is 24.3 Å². The van der Waals surface area contributed by atoms with Crippen LogP contribution in [0, 0.1) is 12.8 Å². The van der Waals surface area contributed by atoms with Gasteiger partial charge >= 0.3 is 0 Å². The Labute approximate surface area is 127 Å². The first-order valence-electron chi connectivity index (χ1n) is 6.88. The van der Waals surface area contributed by atoms with Crippen LogP contribution >= 0.6 is 11.8 Å². The summed E-state index contributed by atoms with van der Waals surface area (Å²) in [6.45, 7) is 8.27. The van der Waals surface area contributed by atoms with Gasteiger partial charge in [0.2, 0.25) is 0 Å². The van der Waals surface area contributed by atoms with Crippen molar-refractivity contribution in [3.05, 3.63) is 29.3 Å². The Morgan fingerprint density at radius 2 is 2.00 bits per heavy atom. The number of nitrogens with one attached hydrogen (secondary N) is 1. The Balaban J connectivity index is 2.64. The summed E-state index contributed by atoms with van der Waals surface area (Å²) in [7, 11) is -2.88. The van der Waals surface area contributed by atoms with Crippen LogP contribution in [0.3, 0.4) is 0 Å². The summed E-state index contributed by atoms with van der Waals surface area (Å²) in [5, 5.41) is 3.44. The molecule has 1 aromatic carbocycles. The SMILES string of the molecule is Cc1ccc(SCCS(C)(=O)=O)c(CNCC(C)C)c1. The van der Waals surface area contributed by atoms with E-state index in [1.54, 1.807) is 11.8 Å². The minimum Gasteiger partial charge on any atom is -0.312 e. The number of thioether (sulfide) groups is 1. The Morgan fingerprint density at radius 3 is 2.60 bits per heavy atom. The van der Waals surface area contributed by atoms with Crippen molar-refractivity contribution in [3.63, 3.8) is 0 Å². The fourth-order valence-corrected chi connectivity index (χ4v) is 4.03. The molecular weight excluding hydrogens is 290 g/mol. The van der Waals surface area contributed by atoms with E-state index in [0.717, 1.165) is 13.1 Å². The lowest BCUT2D eigenvalue weighted by molar-refractivity contribution is 0.550. The highest BCUT2D eigenvalue weighted by atomic mass is 32.2. The maximum atomic E-state index is 11.2. The molecule has 0 fully saturated rings. The second kappa shape index (κ2) is 8.05. The average Bonchev–Trinajstić information content (AvgIpc) is 2.30. The van der Waals surface area contributed by atoms with Crippen LogP contribution in [-0.2, 0) is 16.4 Å². The smallest absolute Gasteiger partial charge is 0.148 e. The lowest BCUT2D eigenvalue weighted by atomic mass is 10.1. The molecule has 0 aliphatic carbocycles. The van der Waals surface area contributed by atoms with E-state index in [9.17, 15) is 8.42 Å². The van der Waals surface area contributed by atoms with E-state index in [4.69, 9.17) is 0 Å². The zero-order valence-electron chi connectivity index (χ0n) is 12.8. The molecule has 0 aliphatic heterocycles. The molecule has 114 valence electrons. The third-order valence-electron chi connectivity index (χ3n) is 2.80. The Bertz CT molecular complexity index is 525. The zero-order valence-corrected chi connectivity index (χ0v) is 14.4. The van der Waals surface area contributed by atoms with Crippen LogP contribution in [0.1, 0.15) is 25.0 Å². The fourth-order valence-electron chi connectivity index (χ4n) is 1.79. The van der Waals surface area contributed by atoms with Gasteiger partial charge in [0.25, 0.3) is 0 Å². The molecule has 1 N–H and O–H groups in total. The lowest BCUT2D eigenvalue weighted by Gasteiger charge is -2.12. The summed E-state index contributed by atoms with van der Waals surface area (Å²) in [5.74, 6) is 1.46. The normalized spacial score (nSPS) is 12.1. The summed E-state index contributed by atoms with van der Waals surface area (Å²) < 4.78 is 22.4. The third kappa shape index (κ3) is 7.31. The average molecular weight is 316 g/mol. The monoisotopic (exact) mass is 315 g/mol. The van der Waals surface area contributed by atoms with Crippen LogP contribution in [0.25, 0.3) is 0 Å². The number of rotatable bonds is 8. The van der Waals surface area contributed by atoms with Crippen LogP contribution in [0.15, 0.2) is 23.1 Å². The number of aryl methyl sites for hydroxylation is 1. The second-order valence-corrected chi connectivity index (χ2v) is 9.01. The third-order valence-corrected chi connectivity index (χ3v) is 5.12. The zero-order chi connectivity index (χ0) is 15.2. The first kappa shape index (κ1) is 17.5. The van der Waals surface area contributed by atoms with Gasteiger partial charge in [0.1, 0.15) is 9.84 Å². The summed E-state index contributed by atoms with van der Waals surface area (Å²) >= 11 is 1.62. The van der Waals surface area contributed by atoms with Crippen molar-refractivity contribution in [1.82, 2.24) is 5.32 Å². The van der Waals surface area contributed by atoms with Crippen molar-refractivity contribution in [1.29, 1.82) is 0 Å². The van der Waals surface area contributed by atoms with E-state index in [2.05, 4.69) is 44.3 Å². The lowest BCUT2D eigenvalue weighted by Crippen LogP contribution is -2.19. The topological polar surface area (TPSA) is 46.2 Å². The Morgan fingerprint density at radius 1 is 1.30 bits per heavy atom. The summed E-state index contributed by atoms with van der Waals surface area (Å²) in [6, 6.07) is 6.35. The molecule has 0 bridgehead atoms. The molecule has 0 heterocycles. The number of benzene rings is 1. The number of sulfone groups is 1. The molecule has 0 unspecified atom stereocenters. The van der Waals surface area contributed by atoms with Crippen molar-refractivity contribution in [2.24, 2.45) is 5.92 Å². The van der Waals surface area contributed by atoms with Crippen LogP contribution in [0.5, 0.6) is 0 Å². The van der Waals surface area contributed by atoms with Crippen molar-refractivity contribution >= 4 is 21.6 Å². The van der Waals surface area contributed by atoms with Crippen LogP contribution < -0.4 is 5.32 Å². The van der Waals surface area contributed by atoms with Gasteiger partial charge in [-0.15, -0.1) is 11.8 Å². The van der Waals surface area contributed by atoms with Gasteiger partial charge in [0.05, 0.1) is 5.75 Å². The van der Waals surface area contributed by atoms with Gasteiger partial charge in [0, 0.05) is 23.4 Å². The standard InChI is InChI=1S/C15H25NO2S2/c1-12(2)10-16-11-14-9-13(3)5-6-15(14)19-7-8-20(4,17)18/h5-6,9,12,16H,7-8,10-11H2,1-4H3. The second-order valence-electron chi connectivity index (χ2n) is 5.61. The number of hydrogen-bond donors (Lipinski definition) is 1. The summed E-state index contributed by atoms with van der Waals surface area (Å²) in [4.78, 5) is 1.18. The molecule has 20 heavy (non-hydrogen) atoms. The minimum absolute atomic E-state index is 0.227. The van der Waals surface area contributed by atoms with Crippen LogP contribution in [0.2, 0.25) is 0 Å². The van der Waals surface area contributed by atoms with Crippen molar-refractivity contribution < 1.29 is 8.42 Å². The number of hydrogen-bond acceptors (Lipinski definition) is 4. The molecule has 0 radical (unpaired) electrons. The molecule has 0 aliphatic rings. The first-order valence-corrected chi connectivity index (χ1v) is 9.93. The van der Waals surface area contributed by atoms with E-state index in [-0.39, 0.29) is 5.75 Å². The molecule has 0 saturated heterocycles. The Hall–Kier alpha value is -0.520. The highest BCUT2D eigenvalue weighted by molar-refractivity contribution is 8.00. The van der Waals surface area contributed by atoms with Gasteiger partial charge in [-0.2, -0.15) is 0 Å². The Kier molecular flexibility index (Phi) is 7.06. The minimum atomic E-state index is -2.88. The molecule has 1 rings (SSSR count). The quantitative estimate of drug-likeness (QED) is 0.749. The van der Waals surface area contributed by atoms with Gasteiger partial charge in [-0.05, 0) is 31.0 Å². The summed E-state index contributed by atoms with van der Waals surface area (Å²) in [5.41, 5.74) is 2.49. The van der Waals surface area contributed by atoms with Gasteiger partial charge < -0.3 is 5.32 Å². The van der Waals surface area contributed by atoms with Crippen molar-refractivity contribution in [3.8, 4) is 0 Å². The molecule has 0 spiro atoms. The molecule has 0 saturated carbocycles. The van der Waals surface area contributed by atoms with E-state index in [1.165, 1.54) is 22.3 Å². The van der Waals surface area contributed by atoms with E-state index in [0.29, 0.717) is 11.7 Å². The first-order chi connectivity index (χ1) is 9.28. The molecule has 5 heteroatoms. The molecule has 0 atom stereocenters. The predicted molar refractivity (Wildman–Crippen MR) is 88.2 cm³/mol. The molecule has 3 nitrogen and oxygen atoms in total. The molecule has 1 aromatic rings. The van der Waals surface area contributed by atoms with Gasteiger partial charge in [0.15, 0.2) is 0 Å². The van der Waals surface area contributed by atoms with Gasteiger partial charge in [-0.3, -0.25) is 0 Å². The molecule has 0 amide bonds. The predicted octanol–water partition coefficient (Wildman–Crippen LogP) is 2.88. The van der Waals surface area contributed by atoms with Crippen molar-refractivity contribution in [2.45, 2.75) is 32.2 Å². The van der Waals surface area contributed by atoms with Gasteiger partial charge in [-0.25, -0.2) is 8.42 Å². The largest absolute Gasteiger partial charge is 0.312 e. The maximum Gasteiger partial charge on any atom is 0.148 e. The maximum absolute atomic E-state index is 11.2.